The van der Waals surface area contributed by atoms with Gasteiger partial charge in [0, 0.05) is 5.41 Å². The van der Waals surface area contributed by atoms with Crippen molar-refractivity contribution in [2.75, 3.05) is 6.61 Å². The number of hydrogen-bond donors (Lipinski definition) is 1. The summed E-state index contributed by atoms with van der Waals surface area (Å²) < 4.78 is 0. The van der Waals surface area contributed by atoms with E-state index in [-0.39, 0.29) is 12.0 Å². The third kappa shape index (κ3) is 2.84. The van der Waals surface area contributed by atoms with E-state index < -0.39 is 0 Å². The minimum Gasteiger partial charge on any atom is -0.395 e. The maximum Gasteiger partial charge on any atom is 0.0568 e. The standard InChI is InChI=1S/C17H24O/c1-2-3-4-5-7-12-16-13-17(16,14-18)15-10-8-6-9-11-15/h6,8-12,18H,2-5,7,13-14H2,1H3/b16-12+/t17-/m1/s1. The lowest BCUT2D eigenvalue weighted by molar-refractivity contribution is 0.261. The van der Waals surface area contributed by atoms with Crippen molar-refractivity contribution in [1.29, 1.82) is 0 Å². The van der Waals surface area contributed by atoms with Crippen LogP contribution in [-0.2, 0) is 5.41 Å². The fraction of sp³-hybridized carbons (Fsp3) is 0.529. The van der Waals surface area contributed by atoms with Gasteiger partial charge in [0.2, 0.25) is 0 Å². The maximum atomic E-state index is 9.68. The minimum absolute atomic E-state index is 0.0357. The molecule has 0 spiro atoms. The van der Waals surface area contributed by atoms with Gasteiger partial charge >= 0.3 is 0 Å². The quantitative estimate of drug-likeness (QED) is 0.562. The average Bonchev–Trinajstić information content (AvgIpc) is 3.14. The molecule has 1 N–H and O–H groups in total. The molecule has 1 heteroatoms. The molecule has 1 nitrogen and oxygen atoms in total. The van der Waals surface area contributed by atoms with Crippen molar-refractivity contribution in [1.82, 2.24) is 0 Å². The molecule has 98 valence electrons. The lowest BCUT2D eigenvalue weighted by atomic mass is 9.95. The molecule has 1 atom stereocenters. The fourth-order valence-electron chi connectivity index (χ4n) is 2.69. The molecule has 18 heavy (non-hydrogen) atoms. The Hall–Kier alpha value is -1.08. The van der Waals surface area contributed by atoms with Gasteiger partial charge in [-0.1, -0.05) is 68.2 Å². The van der Waals surface area contributed by atoms with Crippen LogP contribution in [0.3, 0.4) is 0 Å². The van der Waals surface area contributed by atoms with Gasteiger partial charge in [0.15, 0.2) is 0 Å². The molecule has 1 fully saturated rings. The highest BCUT2D eigenvalue weighted by atomic mass is 16.3. The summed E-state index contributed by atoms with van der Waals surface area (Å²) in [5, 5.41) is 9.68. The van der Waals surface area contributed by atoms with Crippen molar-refractivity contribution in [2.45, 2.75) is 50.9 Å². The fourth-order valence-corrected chi connectivity index (χ4v) is 2.69. The van der Waals surface area contributed by atoms with E-state index in [0.717, 1.165) is 6.42 Å². The molecule has 1 aliphatic rings. The van der Waals surface area contributed by atoms with Gasteiger partial charge in [0.25, 0.3) is 0 Å². The van der Waals surface area contributed by atoms with Crippen LogP contribution in [0.1, 0.15) is 51.0 Å². The molecule has 1 saturated carbocycles. The van der Waals surface area contributed by atoms with Crippen molar-refractivity contribution < 1.29 is 5.11 Å². The molecule has 0 saturated heterocycles. The van der Waals surface area contributed by atoms with Crippen LogP contribution >= 0.6 is 0 Å². The maximum absolute atomic E-state index is 9.68. The molecule has 0 radical (unpaired) electrons. The summed E-state index contributed by atoms with van der Waals surface area (Å²) in [6, 6.07) is 10.4. The summed E-state index contributed by atoms with van der Waals surface area (Å²) in [6.07, 6.45) is 9.82. The van der Waals surface area contributed by atoms with Crippen molar-refractivity contribution >= 4 is 0 Å². The second kappa shape index (κ2) is 6.19. The SMILES string of the molecule is CCCCCC/C=C1\C[C@@]1(CO)c1ccccc1. The van der Waals surface area contributed by atoms with E-state index in [0.29, 0.717) is 0 Å². The van der Waals surface area contributed by atoms with E-state index in [9.17, 15) is 5.11 Å². The van der Waals surface area contributed by atoms with Crippen LogP contribution in [0.25, 0.3) is 0 Å². The zero-order valence-electron chi connectivity index (χ0n) is 11.4. The van der Waals surface area contributed by atoms with Crippen molar-refractivity contribution in [3.05, 3.63) is 47.5 Å². The van der Waals surface area contributed by atoms with Crippen molar-refractivity contribution in [3.63, 3.8) is 0 Å². The Kier molecular flexibility index (Phi) is 4.60. The number of aliphatic hydroxyl groups excluding tert-OH is 1. The van der Waals surface area contributed by atoms with Crippen LogP contribution in [-0.4, -0.2) is 11.7 Å². The summed E-state index contributed by atoms with van der Waals surface area (Å²) in [6.45, 7) is 2.49. The van der Waals surface area contributed by atoms with Crippen LogP contribution in [0.2, 0.25) is 0 Å². The first kappa shape index (κ1) is 13.4. The third-order valence-electron chi connectivity index (χ3n) is 4.03. The zero-order valence-corrected chi connectivity index (χ0v) is 11.4. The minimum atomic E-state index is -0.0357. The summed E-state index contributed by atoms with van der Waals surface area (Å²) in [5.41, 5.74) is 2.67. The van der Waals surface area contributed by atoms with Crippen LogP contribution in [0.15, 0.2) is 42.0 Å². The Labute approximate surface area is 111 Å². The molecule has 1 aromatic carbocycles. The van der Waals surface area contributed by atoms with E-state index in [1.54, 1.807) is 0 Å². The Balaban J connectivity index is 1.91. The lowest BCUT2D eigenvalue weighted by Gasteiger charge is -2.11. The summed E-state index contributed by atoms with van der Waals surface area (Å²) in [4.78, 5) is 0. The Morgan fingerprint density at radius 1 is 1.17 bits per heavy atom. The molecule has 0 bridgehead atoms. The van der Waals surface area contributed by atoms with Crippen LogP contribution in [0.5, 0.6) is 0 Å². The number of rotatable bonds is 7. The number of unbranched alkanes of at least 4 members (excludes halogenated alkanes) is 4. The van der Waals surface area contributed by atoms with Gasteiger partial charge in [-0.25, -0.2) is 0 Å². The van der Waals surface area contributed by atoms with Gasteiger partial charge in [-0.2, -0.15) is 0 Å². The average molecular weight is 244 g/mol. The molecular weight excluding hydrogens is 220 g/mol. The summed E-state index contributed by atoms with van der Waals surface area (Å²) in [7, 11) is 0. The number of aliphatic hydroxyl groups is 1. The highest BCUT2D eigenvalue weighted by molar-refractivity contribution is 5.49. The van der Waals surface area contributed by atoms with Gasteiger partial charge in [-0.05, 0) is 24.8 Å². The predicted octanol–water partition coefficient (Wildman–Crippen LogP) is 4.22. The Morgan fingerprint density at radius 3 is 2.61 bits per heavy atom. The largest absolute Gasteiger partial charge is 0.395 e. The van der Waals surface area contributed by atoms with E-state index in [2.05, 4.69) is 37.3 Å². The predicted molar refractivity (Wildman–Crippen MR) is 76.7 cm³/mol. The Bertz CT molecular complexity index is 393. The molecule has 1 aliphatic carbocycles. The molecule has 1 aromatic rings. The number of allylic oxidation sites excluding steroid dienone is 1. The summed E-state index contributed by atoms with van der Waals surface area (Å²) >= 11 is 0. The first-order valence-electron chi connectivity index (χ1n) is 7.19. The van der Waals surface area contributed by atoms with Crippen LogP contribution in [0.4, 0.5) is 0 Å². The van der Waals surface area contributed by atoms with E-state index >= 15 is 0 Å². The molecular formula is C17H24O. The van der Waals surface area contributed by atoms with Gasteiger partial charge in [-0.15, -0.1) is 0 Å². The zero-order chi connectivity index (χ0) is 12.8. The first-order chi connectivity index (χ1) is 8.83. The van der Waals surface area contributed by atoms with Gasteiger partial charge in [0.05, 0.1) is 6.61 Å². The monoisotopic (exact) mass is 244 g/mol. The highest BCUT2D eigenvalue weighted by Crippen LogP contribution is 2.53. The first-order valence-corrected chi connectivity index (χ1v) is 7.19. The van der Waals surface area contributed by atoms with Crippen molar-refractivity contribution in [3.8, 4) is 0 Å². The van der Waals surface area contributed by atoms with E-state index in [1.807, 2.05) is 6.07 Å². The van der Waals surface area contributed by atoms with Gasteiger partial charge in [0.1, 0.15) is 0 Å². The van der Waals surface area contributed by atoms with Crippen LogP contribution < -0.4 is 0 Å². The molecule has 0 aromatic heterocycles. The van der Waals surface area contributed by atoms with Gasteiger partial charge < -0.3 is 5.11 Å². The van der Waals surface area contributed by atoms with Crippen molar-refractivity contribution in [2.24, 2.45) is 0 Å². The van der Waals surface area contributed by atoms with Gasteiger partial charge in [-0.3, -0.25) is 0 Å². The smallest absolute Gasteiger partial charge is 0.0568 e. The number of benzene rings is 1. The Morgan fingerprint density at radius 2 is 1.94 bits per heavy atom. The van der Waals surface area contributed by atoms with E-state index in [4.69, 9.17) is 0 Å². The summed E-state index contributed by atoms with van der Waals surface area (Å²) in [5.74, 6) is 0. The normalized spacial score (nSPS) is 24.4. The second-order valence-corrected chi connectivity index (χ2v) is 5.36. The third-order valence-corrected chi connectivity index (χ3v) is 4.03. The molecule has 0 unspecified atom stereocenters. The lowest BCUT2D eigenvalue weighted by Crippen LogP contribution is -2.12. The van der Waals surface area contributed by atoms with Crippen LogP contribution in [0, 0.1) is 0 Å². The number of hydrogen-bond acceptors (Lipinski definition) is 1. The molecule has 0 heterocycles. The highest BCUT2D eigenvalue weighted by Gasteiger charge is 2.49. The molecule has 0 amide bonds. The topological polar surface area (TPSA) is 20.2 Å². The molecule has 2 rings (SSSR count). The second-order valence-electron chi connectivity index (χ2n) is 5.36. The molecule has 0 aliphatic heterocycles. The van der Waals surface area contributed by atoms with E-state index in [1.165, 1.54) is 43.2 Å².